The highest BCUT2D eigenvalue weighted by Gasteiger charge is 2.28. The van der Waals surface area contributed by atoms with E-state index in [9.17, 15) is 4.79 Å². The second-order valence-corrected chi connectivity index (χ2v) is 9.20. The van der Waals surface area contributed by atoms with E-state index in [1.165, 1.54) is 16.5 Å². The van der Waals surface area contributed by atoms with Crippen molar-refractivity contribution in [2.75, 3.05) is 26.7 Å². The number of fused-ring (bicyclic) bond motifs is 1. The van der Waals surface area contributed by atoms with Gasteiger partial charge in [-0.05, 0) is 73.8 Å². The third kappa shape index (κ3) is 5.38. The van der Waals surface area contributed by atoms with Crippen LogP contribution in [0.5, 0.6) is 5.75 Å². The molecule has 35 heavy (non-hydrogen) atoms. The molecule has 6 nitrogen and oxygen atoms in total. The average molecular weight is 469 g/mol. The van der Waals surface area contributed by atoms with Crippen molar-refractivity contribution in [2.24, 2.45) is 5.92 Å². The summed E-state index contributed by atoms with van der Waals surface area (Å²) >= 11 is 0. The van der Waals surface area contributed by atoms with E-state index in [-0.39, 0.29) is 17.9 Å². The maximum atomic E-state index is 13.3. The third-order valence-corrected chi connectivity index (χ3v) is 7.03. The Bertz CT molecular complexity index is 1260. The molecule has 1 unspecified atom stereocenters. The molecule has 0 radical (unpaired) electrons. The van der Waals surface area contributed by atoms with E-state index in [1.807, 2.05) is 42.5 Å². The minimum Gasteiger partial charge on any atom is -0.497 e. The van der Waals surface area contributed by atoms with Crippen molar-refractivity contribution in [1.29, 1.82) is 0 Å². The summed E-state index contributed by atoms with van der Waals surface area (Å²) in [6.07, 6.45) is 6.64. The number of nitrogens with one attached hydrogen (secondary N) is 2. The van der Waals surface area contributed by atoms with Crippen LogP contribution >= 0.6 is 0 Å². The van der Waals surface area contributed by atoms with Gasteiger partial charge >= 0.3 is 0 Å². The van der Waals surface area contributed by atoms with Gasteiger partial charge in [-0.15, -0.1) is 0 Å². The summed E-state index contributed by atoms with van der Waals surface area (Å²) in [5, 5.41) is 4.59. The van der Waals surface area contributed by atoms with Crippen LogP contribution < -0.4 is 10.1 Å². The van der Waals surface area contributed by atoms with Crippen LogP contribution in [0.3, 0.4) is 0 Å². The van der Waals surface area contributed by atoms with E-state index in [0.717, 1.165) is 55.9 Å². The maximum absolute atomic E-state index is 13.3. The number of nitrogens with zero attached hydrogens (tertiary/aromatic N) is 2. The summed E-state index contributed by atoms with van der Waals surface area (Å²) in [6.45, 7) is 2.89. The predicted molar refractivity (Wildman–Crippen MR) is 138 cm³/mol. The maximum Gasteiger partial charge on any atom is 0.224 e. The molecular weight excluding hydrogens is 436 g/mol. The van der Waals surface area contributed by atoms with Crippen molar-refractivity contribution < 1.29 is 9.53 Å². The fraction of sp³-hybridized carbons (Fsp3) is 0.310. The number of amides is 1. The van der Waals surface area contributed by atoms with Gasteiger partial charge in [0.25, 0.3) is 0 Å². The van der Waals surface area contributed by atoms with Gasteiger partial charge in [0.05, 0.1) is 18.8 Å². The zero-order chi connectivity index (χ0) is 24.0. The van der Waals surface area contributed by atoms with Gasteiger partial charge in [0, 0.05) is 35.8 Å². The zero-order valence-corrected chi connectivity index (χ0v) is 20.1. The number of piperidine rings is 1. The number of rotatable bonds is 8. The number of H-pyrrole nitrogens is 1. The summed E-state index contributed by atoms with van der Waals surface area (Å²) < 4.78 is 5.41. The highest BCUT2D eigenvalue weighted by Crippen LogP contribution is 2.26. The molecule has 2 aromatic carbocycles. The van der Waals surface area contributed by atoms with E-state index < -0.39 is 0 Å². The van der Waals surface area contributed by atoms with Crippen LogP contribution in [-0.2, 0) is 11.2 Å². The van der Waals surface area contributed by atoms with Crippen molar-refractivity contribution in [1.82, 2.24) is 20.2 Å². The lowest BCUT2D eigenvalue weighted by Gasteiger charge is -2.32. The normalized spacial score (nSPS) is 15.7. The molecule has 0 bridgehead atoms. The summed E-state index contributed by atoms with van der Waals surface area (Å²) in [6, 6.07) is 21.8. The SMILES string of the molecule is COc1cccc(C(NC(=O)C2CCN(CCc3c[nH]c4ccccc34)CC2)c2ccccn2)c1. The number of benzene rings is 2. The number of hydrogen-bond acceptors (Lipinski definition) is 4. The van der Waals surface area contributed by atoms with Crippen LogP contribution in [0.2, 0.25) is 0 Å². The number of carbonyl (C=O) groups excluding carboxylic acids is 1. The third-order valence-electron chi connectivity index (χ3n) is 7.03. The number of aromatic amines is 1. The Morgan fingerprint density at radius 1 is 1.11 bits per heavy atom. The van der Waals surface area contributed by atoms with Crippen molar-refractivity contribution >= 4 is 16.8 Å². The molecule has 1 fully saturated rings. The van der Waals surface area contributed by atoms with Crippen molar-refractivity contribution in [3.05, 3.63) is 95.9 Å². The molecule has 3 heterocycles. The van der Waals surface area contributed by atoms with Crippen LogP contribution in [0.1, 0.15) is 35.7 Å². The fourth-order valence-electron chi connectivity index (χ4n) is 4.99. The van der Waals surface area contributed by atoms with Crippen LogP contribution in [0.25, 0.3) is 10.9 Å². The quantitative estimate of drug-likeness (QED) is 0.392. The first-order valence-corrected chi connectivity index (χ1v) is 12.3. The molecule has 6 heteroatoms. The Balaban J connectivity index is 1.20. The first kappa shape index (κ1) is 23.1. The van der Waals surface area contributed by atoms with E-state index >= 15 is 0 Å². The molecule has 0 saturated carbocycles. The lowest BCUT2D eigenvalue weighted by molar-refractivity contribution is -0.127. The Hall–Kier alpha value is -3.64. The number of pyridine rings is 1. The number of para-hydroxylation sites is 1. The monoisotopic (exact) mass is 468 g/mol. The smallest absolute Gasteiger partial charge is 0.224 e. The Morgan fingerprint density at radius 2 is 1.94 bits per heavy atom. The fourth-order valence-corrected chi connectivity index (χ4v) is 4.99. The molecule has 4 aromatic rings. The lowest BCUT2D eigenvalue weighted by Crippen LogP contribution is -2.42. The number of hydrogen-bond donors (Lipinski definition) is 2. The zero-order valence-electron chi connectivity index (χ0n) is 20.1. The lowest BCUT2D eigenvalue weighted by atomic mass is 9.94. The predicted octanol–water partition coefficient (Wildman–Crippen LogP) is 4.73. The number of ether oxygens (including phenoxy) is 1. The highest BCUT2D eigenvalue weighted by molar-refractivity contribution is 5.83. The molecule has 1 saturated heterocycles. The van der Waals surface area contributed by atoms with Gasteiger partial charge in [0.15, 0.2) is 0 Å². The van der Waals surface area contributed by atoms with Gasteiger partial charge in [-0.3, -0.25) is 9.78 Å². The van der Waals surface area contributed by atoms with Crippen molar-refractivity contribution in [3.8, 4) is 5.75 Å². The Labute approximate surface area is 206 Å². The van der Waals surface area contributed by atoms with Crippen LogP contribution in [0.15, 0.2) is 79.1 Å². The van der Waals surface area contributed by atoms with Crippen LogP contribution in [-0.4, -0.2) is 47.5 Å². The molecule has 180 valence electrons. The first-order chi connectivity index (χ1) is 17.2. The second-order valence-electron chi connectivity index (χ2n) is 9.20. The van der Waals surface area contributed by atoms with Gasteiger partial charge in [-0.25, -0.2) is 0 Å². The standard InChI is InChI=1S/C29H32N4O2/c1-35-24-8-6-7-22(19-24)28(27-11-4-5-15-30-27)32-29(34)21-12-16-33(17-13-21)18-14-23-20-31-26-10-3-2-9-25(23)26/h2-11,15,19-21,28,31H,12-14,16-18H2,1H3,(H,32,34). The molecule has 0 spiro atoms. The van der Waals surface area contributed by atoms with Gasteiger partial charge in [-0.1, -0.05) is 36.4 Å². The average Bonchev–Trinajstić information content (AvgIpc) is 3.34. The largest absolute Gasteiger partial charge is 0.497 e. The van der Waals surface area contributed by atoms with Crippen molar-refractivity contribution in [2.45, 2.75) is 25.3 Å². The molecule has 2 N–H and O–H groups in total. The first-order valence-electron chi connectivity index (χ1n) is 12.3. The van der Waals surface area contributed by atoms with Gasteiger partial charge in [0.2, 0.25) is 5.91 Å². The van der Waals surface area contributed by atoms with Crippen molar-refractivity contribution in [3.63, 3.8) is 0 Å². The van der Waals surface area contributed by atoms with E-state index in [0.29, 0.717) is 0 Å². The summed E-state index contributed by atoms with van der Waals surface area (Å²) in [7, 11) is 1.65. The van der Waals surface area contributed by atoms with Gasteiger partial charge in [0.1, 0.15) is 5.75 Å². The van der Waals surface area contributed by atoms with Gasteiger partial charge < -0.3 is 19.9 Å². The molecular formula is C29H32N4O2. The molecule has 1 atom stereocenters. The highest BCUT2D eigenvalue weighted by atomic mass is 16.5. The number of aromatic nitrogens is 2. The molecule has 1 aliphatic rings. The minimum absolute atomic E-state index is 0.0103. The molecule has 1 amide bonds. The van der Waals surface area contributed by atoms with E-state index in [4.69, 9.17) is 4.74 Å². The summed E-state index contributed by atoms with van der Waals surface area (Å²) in [5.41, 5.74) is 4.34. The van der Waals surface area contributed by atoms with Gasteiger partial charge in [-0.2, -0.15) is 0 Å². The number of methoxy groups -OCH3 is 1. The summed E-state index contributed by atoms with van der Waals surface area (Å²) in [4.78, 5) is 23.7. The van der Waals surface area contributed by atoms with E-state index in [2.05, 4.69) is 50.6 Å². The molecule has 2 aromatic heterocycles. The molecule has 5 rings (SSSR count). The van der Waals surface area contributed by atoms with Crippen LogP contribution in [0, 0.1) is 5.92 Å². The Kier molecular flexibility index (Phi) is 7.09. The second kappa shape index (κ2) is 10.7. The van der Waals surface area contributed by atoms with E-state index in [1.54, 1.807) is 13.3 Å². The number of likely N-dealkylation sites (tertiary alicyclic amines) is 1. The molecule has 1 aliphatic heterocycles. The number of carbonyl (C=O) groups is 1. The van der Waals surface area contributed by atoms with Crippen LogP contribution in [0.4, 0.5) is 0 Å². The Morgan fingerprint density at radius 3 is 2.74 bits per heavy atom. The topological polar surface area (TPSA) is 70.2 Å². The molecule has 0 aliphatic carbocycles. The summed E-state index contributed by atoms with van der Waals surface area (Å²) in [5.74, 6) is 0.872. The minimum atomic E-state index is -0.307.